The number of aromatic nitrogens is 1. The van der Waals surface area contributed by atoms with Crippen molar-refractivity contribution in [3.8, 4) is 10.4 Å². The van der Waals surface area contributed by atoms with Crippen LogP contribution in [0.4, 0.5) is 5.13 Å². The van der Waals surface area contributed by atoms with Gasteiger partial charge in [-0.3, -0.25) is 14.9 Å². The van der Waals surface area contributed by atoms with Gasteiger partial charge in [0.05, 0.1) is 11.1 Å². The SMILES string of the molecule is O=C(NO)c1cnc(N2CCN(S(=O)(=O)c3ccc(-c4sccc4CN4CCCC4)cc3)CC2)s1. The molecule has 2 aromatic heterocycles. The van der Waals surface area contributed by atoms with E-state index >= 15 is 0 Å². The average Bonchev–Trinajstić information content (AvgIpc) is 3.66. The van der Waals surface area contributed by atoms with E-state index in [1.165, 1.54) is 33.8 Å². The summed E-state index contributed by atoms with van der Waals surface area (Å²) < 4.78 is 28.0. The number of carbonyl (C=O) groups is 1. The number of hydrogen-bond donors (Lipinski definition) is 2. The van der Waals surface area contributed by atoms with Crippen LogP contribution >= 0.6 is 22.7 Å². The molecule has 1 aromatic carbocycles. The van der Waals surface area contributed by atoms with Gasteiger partial charge in [0.2, 0.25) is 10.0 Å². The molecule has 0 bridgehead atoms. The molecule has 0 spiro atoms. The Morgan fingerprint density at radius 3 is 2.43 bits per heavy atom. The van der Waals surface area contributed by atoms with Crippen molar-refractivity contribution in [1.82, 2.24) is 19.7 Å². The number of nitrogens with zero attached hydrogens (tertiary/aromatic N) is 4. The van der Waals surface area contributed by atoms with E-state index in [-0.39, 0.29) is 0 Å². The smallest absolute Gasteiger partial charge is 0.286 e. The number of thiazole rings is 1. The molecule has 0 radical (unpaired) electrons. The highest BCUT2D eigenvalue weighted by molar-refractivity contribution is 7.89. The second kappa shape index (κ2) is 10.3. The Bertz CT molecular complexity index is 1270. The number of anilines is 1. The van der Waals surface area contributed by atoms with Gasteiger partial charge in [0, 0.05) is 37.6 Å². The van der Waals surface area contributed by atoms with Crippen LogP contribution in [-0.4, -0.2) is 73.0 Å². The van der Waals surface area contributed by atoms with Crippen molar-refractivity contribution >= 4 is 43.7 Å². The molecular formula is C23H27N5O4S3. The normalized spacial score (nSPS) is 17.7. The summed E-state index contributed by atoms with van der Waals surface area (Å²) in [5, 5.41) is 11.5. The van der Waals surface area contributed by atoms with Gasteiger partial charge in [-0.1, -0.05) is 23.5 Å². The van der Waals surface area contributed by atoms with Crippen molar-refractivity contribution in [2.75, 3.05) is 44.2 Å². The molecule has 2 aliphatic rings. The lowest BCUT2D eigenvalue weighted by Gasteiger charge is -2.33. The van der Waals surface area contributed by atoms with Crippen molar-refractivity contribution in [1.29, 1.82) is 0 Å². The standard InChI is InChI=1S/C23H27N5O4S3/c29-22(25-30)20-15-24-23(34-20)27-10-12-28(13-11-27)35(31,32)19-5-3-17(4-6-19)21-18(7-14-33-21)16-26-8-1-2-9-26/h3-7,14-15,30H,1-2,8-13,16H2,(H,25,29). The van der Waals surface area contributed by atoms with Crippen molar-refractivity contribution < 1.29 is 18.4 Å². The number of benzene rings is 1. The molecule has 2 fully saturated rings. The maximum atomic E-state index is 13.3. The molecule has 0 unspecified atom stereocenters. The first kappa shape index (κ1) is 24.3. The van der Waals surface area contributed by atoms with Crippen molar-refractivity contribution in [3.05, 3.63) is 52.3 Å². The Morgan fingerprint density at radius 1 is 1.03 bits per heavy atom. The Balaban J connectivity index is 1.24. The fourth-order valence-electron chi connectivity index (χ4n) is 4.51. The summed E-state index contributed by atoms with van der Waals surface area (Å²) in [7, 11) is -3.61. The summed E-state index contributed by atoms with van der Waals surface area (Å²) in [5.74, 6) is -0.607. The summed E-state index contributed by atoms with van der Waals surface area (Å²) in [4.78, 5) is 22.0. The topological polar surface area (TPSA) is 106 Å². The van der Waals surface area contributed by atoms with E-state index < -0.39 is 15.9 Å². The van der Waals surface area contributed by atoms with Crippen LogP contribution in [0.5, 0.6) is 0 Å². The lowest BCUT2D eigenvalue weighted by Crippen LogP contribution is -2.48. The Hall–Kier alpha value is -2.35. The predicted molar refractivity (Wildman–Crippen MR) is 137 cm³/mol. The first-order valence-electron chi connectivity index (χ1n) is 11.5. The maximum Gasteiger partial charge on any atom is 0.286 e. The molecule has 4 heterocycles. The maximum absolute atomic E-state index is 13.3. The van der Waals surface area contributed by atoms with E-state index in [4.69, 9.17) is 5.21 Å². The van der Waals surface area contributed by atoms with Crippen LogP contribution in [0.2, 0.25) is 0 Å². The molecule has 186 valence electrons. The van der Waals surface area contributed by atoms with Crippen molar-refractivity contribution in [3.63, 3.8) is 0 Å². The van der Waals surface area contributed by atoms with E-state index in [0.717, 1.165) is 36.5 Å². The molecule has 12 heteroatoms. The number of likely N-dealkylation sites (tertiary alicyclic amines) is 1. The van der Waals surface area contributed by atoms with Crippen molar-refractivity contribution in [2.24, 2.45) is 0 Å². The zero-order valence-corrected chi connectivity index (χ0v) is 21.5. The van der Waals surface area contributed by atoms with Crippen LogP contribution in [0, 0.1) is 0 Å². The van der Waals surface area contributed by atoms with E-state index in [1.807, 2.05) is 17.0 Å². The second-order valence-corrected chi connectivity index (χ2v) is 12.5. The fraction of sp³-hybridized carbons (Fsp3) is 0.391. The minimum atomic E-state index is -3.61. The number of hydroxylamine groups is 1. The van der Waals surface area contributed by atoms with Crippen LogP contribution in [-0.2, 0) is 16.6 Å². The highest BCUT2D eigenvalue weighted by Gasteiger charge is 2.30. The summed E-state index contributed by atoms with van der Waals surface area (Å²) in [6.07, 6.45) is 3.92. The van der Waals surface area contributed by atoms with Gasteiger partial charge in [-0.25, -0.2) is 18.9 Å². The highest BCUT2D eigenvalue weighted by atomic mass is 32.2. The number of carbonyl (C=O) groups excluding carboxylic acids is 1. The molecular weight excluding hydrogens is 506 g/mol. The van der Waals surface area contributed by atoms with Crippen LogP contribution in [0.1, 0.15) is 28.1 Å². The molecule has 3 aromatic rings. The minimum absolute atomic E-state index is 0.295. The quantitative estimate of drug-likeness (QED) is 0.355. The first-order chi connectivity index (χ1) is 17.0. The van der Waals surface area contributed by atoms with Gasteiger partial charge >= 0.3 is 0 Å². The zero-order valence-electron chi connectivity index (χ0n) is 19.1. The van der Waals surface area contributed by atoms with E-state index in [1.54, 1.807) is 28.9 Å². The number of piperazine rings is 1. The van der Waals surface area contributed by atoms with Crippen LogP contribution in [0.25, 0.3) is 10.4 Å². The molecule has 0 saturated carbocycles. The number of rotatable bonds is 7. The van der Waals surface area contributed by atoms with Gasteiger partial charge in [0.1, 0.15) is 4.88 Å². The lowest BCUT2D eigenvalue weighted by molar-refractivity contribution is 0.0710. The molecule has 2 aliphatic heterocycles. The van der Waals surface area contributed by atoms with Gasteiger partial charge in [0.25, 0.3) is 5.91 Å². The Kier molecular flexibility index (Phi) is 7.19. The van der Waals surface area contributed by atoms with Gasteiger partial charge in [-0.05, 0) is 60.6 Å². The zero-order chi connectivity index (χ0) is 24.4. The molecule has 2 saturated heterocycles. The molecule has 35 heavy (non-hydrogen) atoms. The number of nitrogens with one attached hydrogen (secondary N) is 1. The molecule has 2 N–H and O–H groups in total. The predicted octanol–water partition coefficient (Wildman–Crippen LogP) is 3.10. The summed E-state index contributed by atoms with van der Waals surface area (Å²) >= 11 is 2.86. The van der Waals surface area contributed by atoms with Gasteiger partial charge in [-0.2, -0.15) is 4.31 Å². The Morgan fingerprint density at radius 2 is 1.74 bits per heavy atom. The minimum Gasteiger partial charge on any atom is -0.345 e. The van der Waals surface area contributed by atoms with Crippen LogP contribution < -0.4 is 10.4 Å². The number of amides is 1. The third-order valence-electron chi connectivity index (χ3n) is 6.42. The third-order valence-corrected chi connectivity index (χ3v) is 10.4. The summed E-state index contributed by atoms with van der Waals surface area (Å²) in [5.41, 5.74) is 3.94. The van der Waals surface area contributed by atoms with Gasteiger partial charge in [-0.15, -0.1) is 11.3 Å². The van der Waals surface area contributed by atoms with E-state index in [0.29, 0.717) is 41.1 Å². The fourth-order valence-corrected chi connectivity index (χ4v) is 7.72. The molecule has 1 amide bonds. The summed E-state index contributed by atoms with van der Waals surface area (Å²) in [6, 6.07) is 9.40. The van der Waals surface area contributed by atoms with Gasteiger partial charge in [0.15, 0.2) is 5.13 Å². The number of thiophene rings is 1. The van der Waals surface area contributed by atoms with E-state index in [9.17, 15) is 13.2 Å². The average molecular weight is 534 g/mol. The van der Waals surface area contributed by atoms with Crippen LogP contribution in [0.3, 0.4) is 0 Å². The van der Waals surface area contributed by atoms with Gasteiger partial charge < -0.3 is 4.90 Å². The molecule has 0 aliphatic carbocycles. The molecule has 9 nitrogen and oxygen atoms in total. The monoisotopic (exact) mass is 533 g/mol. The van der Waals surface area contributed by atoms with Crippen LogP contribution in [0.15, 0.2) is 46.8 Å². The largest absolute Gasteiger partial charge is 0.345 e. The molecule has 0 atom stereocenters. The second-order valence-electron chi connectivity index (χ2n) is 8.62. The number of sulfonamides is 1. The third kappa shape index (κ3) is 5.13. The number of hydrogen-bond acceptors (Lipinski definition) is 9. The molecule has 5 rings (SSSR count). The van der Waals surface area contributed by atoms with E-state index in [2.05, 4.69) is 21.3 Å². The first-order valence-corrected chi connectivity index (χ1v) is 14.6. The lowest BCUT2D eigenvalue weighted by atomic mass is 10.1. The summed E-state index contributed by atoms with van der Waals surface area (Å²) in [6.45, 7) is 4.82. The van der Waals surface area contributed by atoms with Crippen molar-refractivity contribution in [2.45, 2.75) is 24.3 Å². The highest BCUT2D eigenvalue weighted by Crippen LogP contribution is 2.32. The Labute approximate surface area is 212 Å².